The average Bonchev–Trinajstić information content (AvgIpc) is 3.11. The van der Waals surface area contributed by atoms with Gasteiger partial charge in [-0.1, -0.05) is 0 Å². The zero-order valence-corrected chi connectivity index (χ0v) is 13.3. The van der Waals surface area contributed by atoms with E-state index in [1.165, 1.54) is 6.07 Å². The van der Waals surface area contributed by atoms with E-state index in [1.807, 2.05) is 0 Å². The SMILES string of the molecule is Cc1cc(C(=O)OCC2CC2)cc(S(=O)(=O)Cl)c1Br. The van der Waals surface area contributed by atoms with Gasteiger partial charge in [0, 0.05) is 15.2 Å². The van der Waals surface area contributed by atoms with Crippen LogP contribution in [-0.2, 0) is 13.8 Å². The Morgan fingerprint density at radius 2 is 2.11 bits per heavy atom. The molecule has 1 aliphatic carbocycles. The van der Waals surface area contributed by atoms with Gasteiger partial charge in [0.05, 0.1) is 17.1 Å². The van der Waals surface area contributed by atoms with E-state index in [0.717, 1.165) is 12.8 Å². The number of carbonyl (C=O) groups excluding carboxylic acids is 1. The molecule has 0 unspecified atom stereocenters. The van der Waals surface area contributed by atoms with Gasteiger partial charge >= 0.3 is 5.97 Å². The second kappa shape index (κ2) is 5.42. The van der Waals surface area contributed by atoms with Gasteiger partial charge < -0.3 is 4.74 Å². The number of hydrogen-bond acceptors (Lipinski definition) is 4. The Bertz CT molecular complexity index is 623. The molecule has 1 saturated carbocycles. The molecule has 0 amide bonds. The largest absolute Gasteiger partial charge is 0.462 e. The zero-order chi connectivity index (χ0) is 14.2. The third-order valence-corrected chi connectivity index (χ3v) is 5.53. The highest BCUT2D eigenvalue weighted by Gasteiger charge is 2.24. The number of aryl methyl sites for hydroxylation is 1. The summed E-state index contributed by atoms with van der Waals surface area (Å²) in [4.78, 5) is 11.7. The van der Waals surface area contributed by atoms with Crippen molar-refractivity contribution in [1.29, 1.82) is 0 Å². The molecule has 7 heteroatoms. The van der Waals surface area contributed by atoms with Crippen molar-refractivity contribution in [2.24, 2.45) is 5.92 Å². The third kappa shape index (κ3) is 3.70. The molecule has 104 valence electrons. The van der Waals surface area contributed by atoms with Crippen LogP contribution in [-0.4, -0.2) is 21.0 Å². The Hall–Kier alpha value is -0.590. The van der Waals surface area contributed by atoms with Crippen LogP contribution in [0.25, 0.3) is 0 Å². The molecule has 0 atom stereocenters. The fourth-order valence-electron chi connectivity index (χ4n) is 1.59. The van der Waals surface area contributed by atoms with Gasteiger partial charge in [0.25, 0.3) is 9.05 Å². The van der Waals surface area contributed by atoms with Gasteiger partial charge in [-0.2, -0.15) is 0 Å². The standard InChI is InChI=1S/C12H12BrClO4S/c1-7-4-9(12(15)18-6-8-2-3-8)5-10(11(7)13)19(14,16)17/h4-5,8H,2-3,6H2,1H3. The van der Waals surface area contributed by atoms with E-state index >= 15 is 0 Å². The van der Waals surface area contributed by atoms with Gasteiger partial charge in [-0.3, -0.25) is 0 Å². The molecule has 0 radical (unpaired) electrons. The number of esters is 1. The van der Waals surface area contributed by atoms with Crippen molar-refractivity contribution in [3.63, 3.8) is 0 Å². The van der Waals surface area contributed by atoms with Gasteiger partial charge in [0.1, 0.15) is 0 Å². The Labute approximate surface area is 124 Å². The lowest BCUT2D eigenvalue weighted by Gasteiger charge is -2.09. The summed E-state index contributed by atoms with van der Waals surface area (Å²) in [5.74, 6) is -0.0687. The van der Waals surface area contributed by atoms with E-state index in [1.54, 1.807) is 13.0 Å². The summed E-state index contributed by atoms with van der Waals surface area (Å²) in [7, 11) is 1.43. The fraction of sp³-hybridized carbons (Fsp3) is 0.417. The summed E-state index contributed by atoms with van der Waals surface area (Å²) < 4.78 is 28.4. The quantitative estimate of drug-likeness (QED) is 0.605. The first-order valence-electron chi connectivity index (χ1n) is 5.71. The molecule has 2 rings (SSSR count). The molecular weight excluding hydrogens is 356 g/mol. The minimum Gasteiger partial charge on any atom is -0.462 e. The summed E-state index contributed by atoms with van der Waals surface area (Å²) in [6.07, 6.45) is 2.15. The van der Waals surface area contributed by atoms with Crippen LogP contribution in [0.15, 0.2) is 21.5 Å². The first-order valence-corrected chi connectivity index (χ1v) is 8.81. The van der Waals surface area contributed by atoms with Crippen molar-refractivity contribution in [3.05, 3.63) is 27.7 Å². The van der Waals surface area contributed by atoms with E-state index in [9.17, 15) is 13.2 Å². The van der Waals surface area contributed by atoms with E-state index in [0.29, 0.717) is 22.6 Å². The average molecular weight is 368 g/mol. The molecule has 1 aromatic rings. The molecular formula is C12H12BrClO4S. The summed E-state index contributed by atoms with van der Waals surface area (Å²) in [6, 6.07) is 2.81. The minimum absolute atomic E-state index is 0.118. The molecule has 0 aromatic heterocycles. The van der Waals surface area contributed by atoms with E-state index in [-0.39, 0.29) is 10.5 Å². The molecule has 0 aliphatic heterocycles. The summed E-state index contributed by atoms with van der Waals surface area (Å²) in [6.45, 7) is 2.07. The summed E-state index contributed by atoms with van der Waals surface area (Å²) >= 11 is 3.16. The lowest BCUT2D eigenvalue weighted by molar-refractivity contribution is 0.0485. The molecule has 1 fully saturated rings. The lowest BCUT2D eigenvalue weighted by atomic mass is 10.1. The van der Waals surface area contributed by atoms with Crippen LogP contribution >= 0.6 is 26.6 Å². The first kappa shape index (κ1) is 14.8. The molecule has 0 heterocycles. The molecule has 0 bridgehead atoms. The Kier molecular flexibility index (Phi) is 4.23. The van der Waals surface area contributed by atoms with Crippen LogP contribution in [0.4, 0.5) is 0 Å². The Morgan fingerprint density at radius 3 is 2.63 bits per heavy atom. The number of carbonyl (C=O) groups is 1. The van der Waals surface area contributed by atoms with Crippen LogP contribution in [0.2, 0.25) is 0 Å². The molecule has 19 heavy (non-hydrogen) atoms. The van der Waals surface area contributed by atoms with Crippen LogP contribution in [0.3, 0.4) is 0 Å². The van der Waals surface area contributed by atoms with Crippen LogP contribution in [0, 0.1) is 12.8 Å². The van der Waals surface area contributed by atoms with Crippen molar-refractivity contribution < 1.29 is 17.9 Å². The molecule has 4 nitrogen and oxygen atoms in total. The molecule has 0 N–H and O–H groups in total. The number of ether oxygens (including phenoxy) is 1. The van der Waals surface area contributed by atoms with E-state index in [4.69, 9.17) is 15.4 Å². The number of hydrogen-bond donors (Lipinski definition) is 0. The van der Waals surface area contributed by atoms with Crippen LogP contribution in [0.5, 0.6) is 0 Å². The van der Waals surface area contributed by atoms with E-state index < -0.39 is 15.0 Å². The second-order valence-corrected chi connectivity index (χ2v) is 7.91. The highest BCUT2D eigenvalue weighted by Crippen LogP contribution is 2.31. The summed E-state index contributed by atoms with van der Waals surface area (Å²) in [5, 5.41) is 0. The van der Waals surface area contributed by atoms with Crippen LogP contribution < -0.4 is 0 Å². The highest BCUT2D eigenvalue weighted by molar-refractivity contribution is 9.10. The second-order valence-electron chi connectivity index (χ2n) is 4.58. The third-order valence-electron chi connectivity index (χ3n) is 2.87. The molecule has 0 spiro atoms. The number of benzene rings is 1. The molecule has 1 aromatic carbocycles. The molecule has 1 aliphatic rings. The maximum absolute atomic E-state index is 11.8. The lowest BCUT2D eigenvalue weighted by Crippen LogP contribution is -2.09. The van der Waals surface area contributed by atoms with E-state index in [2.05, 4.69) is 15.9 Å². The van der Waals surface area contributed by atoms with Crippen molar-refractivity contribution in [2.75, 3.05) is 6.61 Å². The van der Waals surface area contributed by atoms with Gasteiger partial charge in [0.15, 0.2) is 0 Å². The maximum Gasteiger partial charge on any atom is 0.338 e. The fourth-order valence-corrected chi connectivity index (χ4v) is 3.75. The Morgan fingerprint density at radius 1 is 1.47 bits per heavy atom. The monoisotopic (exact) mass is 366 g/mol. The minimum atomic E-state index is -3.91. The first-order chi connectivity index (χ1) is 8.79. The topological polar surface area (TPSA) is 60.4 Å². The normalized spacial score (nSPS) is 15.3. The highest BCUT2D eigenvalue weighted by atomic mass is 79.9. The van der Waals surface area contributed by atoms with Crippen molar-refractivity contribution in [1.82, 2.24) is 0 Å². The van der Waals surface area contributed by atoms with Crippen molar-refractivity contribution in [3.8, 4) is 0 Å². The summed E-state index contributed by atoms with van der Waals surface area (Å²) in [5.41, 5.74) is 0.806. The van der Waals surface area contributed by atoms with Gasteiger partial charge in [-0.05, 0) is 59.3 Å². The zero-order valence-electron chi connectivity index (χ0n) is 10.2. The van der Waals surface area contributed by atoms with Crippen LogP contribution in [0.1, 0.15) is 28.8 Å². The number of rotatable bonds is 4. The van der Waals surface area contributed by atoms with Crippen molar-refractivity contribution in [2.45, 2.75) is 24.7 Å². The number of halogens is 2. The van der Waals surface area contributed by atoms with Crippen molar-refractivity contribution >= 4 is 41.6 Å². The van der Waals surface area contributed by atoms with Gasteiger partial charge in [0.2, 0.25) is 0 Å². The van der Waals surface area contributed by atoms with Gasteiger partial charge in [-0.15, -0.1) is 0 Å². The predicted octanol–water partition coefficient (Wildman–Crippen LogP) is 3.25. The Balaban J connectivity index is 2.30. The maximum atomic E-state index is 11.8. The molecule has 0 saturated heterocycles. The van der Waals surface area contributed by atoms with Gasteiger partial charge in [-0.25, -0.2) is 13.2 Å². The smallest absolute Gasteiger partial charge is 0.338 e. The predicted molar refractivity (Wildman–Crippen MR) is 74.9 cm³/mol.